The van der Waals surface area contributed by atoms with Crippen LogP contribution in [0.4, 0.5) is 0 Å². The maximum Gasteiger partial charge on any atom is 0.251 e. The van der Waals surface area contributed by atoms with Crippen LogP contribution in [0.1, 0.15) is 63.4 Å². The zero-order chi connectivity index (χ0) is 19.7. The van der Waals surface area contributed by atoms with Gasteiger partial charge in [-0.1, -0.05) is 30.3 Å². The van der Waals surface area contributed by atoms with Crippen molar-refractivity contribution in [3.05, 3.63) is 87.7 Å². The number of benzene rings is 2. The first-order valence-corrected chi connectivity index (χ1v) is 10.0. The van der Waals surface area contributed by atoms with E-state index in [1.54, 1.807) is 0 Å². The first-order valence-electron chi connectivity index (χ1n) is 10.0. The molecule has 144 valence electrons. The number of hydrogen-bond acceptors (Lipinski definition) is 2. The molecule has 0 aliphatic heterocycles. The SMILES string of the molecule is Cc1cc(C)n(Cc2ccc(C(=O)N[C@H](C)c3ccc4c(c3)CCC4)cc2)n1. The number of fused-ring (bicyclic) bond motifs is 1. The largest absolute Gasteiger partial charge is 0.346 e. The molecule has 28 heavy (non-hydrogen) atoms. The molecule has 1 aromatic heterocycles. The fourth-order valence-electron chi connectivity index (χ4n) is 3.99. The fraction of sp³-hybridized carbons (Fsp3) is 0.333. The number of aryl methyl sites for hydroxylation is 4. The van der Waals surface area contributed by atoms with E-state index in [0.717, 1.165) is 23.4 Å². The monoisotopic (exact) mass is 373 g/mol. The van der Waals surface area contributed by atoms with Crippen LogP contribution in [0, 0.1) is 13.8 Å². The summed E-state index contributed by atoms with van der Waals surface area (Å²) >= 11 is 0. The maximum absolute atomic E-state index is 12.7. The Kier molecular flexibility index (Phi) is 5.03. The van der Waals surface area contributed by atoms with Gasteiger partial charge < -0.3 is 5.32 Å². The summed E-state index contributed by atoms with van der Waals surface area (Å²) in [5, 5.41) is 7.63. The molecule has 1 aliphatic carbocycles. The Hall–Kier alpha value is -2.88. The summed E-state index contributed by atoms with van der Waals surface area (Å²) in [6.07, 6.45) is 3.57. The third-order valence-electron chi connectivity index (χ3n) is 5.62. The molecule has 0 unspecified atom stereocenters. The molecule has 1 atom stereocenters. The molecule has 0 bridgehead atoms. The molecule has 4 rings (SSSR count). The summed E-state index contributed by atoms with van der Waals surface area (Å²) in [5.74, 6) is -0.0364. The number of carbonyl (C=O) groups excluding carboxylic acids is 1. The van der Waals surface area contributed by atoms with Gasteiger partial charge in [0.15, 0.2) is 0 Å². The molecule has 0 spiro atoms. The van der Waals surface area contributed by atoms with Gasteiger partial charge >= 0.3 is 0 Å². The maximum atomic E-state index is 12.7. The van der Waals surface area contributed by atoms with E-state index < -0.39 is 0 Å². The first kappa shape index (κ1) is 18.5. The number of rotatable bonds is 5. The van der Waals surface area contributed by atoms with Gasteiger partial charge in [-0.15, -0.1) is 0 Å². The molecule has 0 fully saturated rings. The van der Waals surface area contributed by atoms with E-state index in [1.807, 2.05) is 42.8 Å². The van der Waals surface area contributed by atoms with Crippen molar-refractivity contribution in [2.75, 3.05) is 0 Å². The second kappa shape index (κ2) is 7.63. The van der Waals surface area contributed by atoms with Crippen LogP contribution in [0.5, 0.6) is 0 Å². The predicted molar refractivity (Wildman–Crippen MR) is 112 cm³/mol. The van der Waals surface area contributed by atoms with Crippen molar-refractivity contribution >= 4 is 5.91 Å². The lowest BCUT2D eigenvalue weighted by molar-refractivity contribution is 0.0940. The molecule has 1 heterocycles. The highest BCUT2D eigenvalue weighted by Gasteiger charge is 2.15. The quantitative estimate of drug-likeness (QED) is 0.714. The Morgan fingerprint density at radius 3 is 2.54 bits per heavy atom. The number of aromatic nitrogens is 2. The van der Waals surface area contributed by atoms with Crippen molar-refractivity contribution in [3.8, 4) is 0 Å². The number of nitrogens with zero attached hydrogens (tertiary/aromatic N) is 2. The van der Waals surface area contributed by atoms with E-state index >= 15 is 0 Å². The lowest BCUT2D eigenvalue weighted by Crippen LogP contribution is -2.26. The van der Waals surface area contributed by atoms with E-state index in [1.165, 1.54) is 29.5 Å². The van der Waals surface area contributed by atoms with Crippen molar-refractivity contribution in [2.24, 2.45) is 0 Å². The highest BCUT2D eigenvalue weighted by molar-refractivity contribution is 5.94. The summed E-state index contributed by atoms with van der Waals surface area (Å²) in [4.78, 5) is 12.7. The molecule has 1 amide bonds. The number of carbonyl (C=O) groups is 1. The van der Waals surface area contributed by atoms with Gasteiger partial charge in [-0.3, -0.25) is 9.48 Å². The van der Waals surface area contributed by atoms with Gasteiger partial charge in [0, 0.05) is 11.3 Å². The molecule has 0 saturated heterocycles. The molecule has 4 nitrogen and oxygen atoms in total. The highest BCUT2D eigenvalue weighted by atomic mass is 16.1. The average molecular weight is 374 g/mol. The highest BCUT2D eigenvalue weighted by Crippen LogP contribution is 2.25. The van der Waals surface area contributed by atoms with Gasteiger partial charge in [-0.25, -0.2) is 0 Å². The van der Waals surface area contributed by atoms with Gasteiger partial charge in [0.05, 0.1) is 18.3 Å². The van der Waals surface area contributed by atoms with Crippen molar-refractivity contribution in [3.63, 3.8) is 0 Å². The topological polar surface area (TPSA) is 46.9 Å². The lowest BCUT2D eigenvalue weighted by atomic mass is 10.0. The Bertz CT molecular complexity index is 1000. The zero-order valence-electron chi connectivity index (χ0n) is 16.8. The van der Waals surface area contributed by atoms with Crippen LogP contribution in [0.15, 0.2) is 48.5 Å². The Balaban J connectivity index is 1.41. The summed E-state index contributed by atoms with van der Waals surface area (Å²) in [6, 6.07) is 16.5. The van der Waals surface area contributed by atoms with Crippen molar-refractivity contribution < 1.29 is 4.79 Å². The van der Waals surface area contributed by atoms with Gasteiger partial charge in [-0.05, 0) is 80.5 Å². The van der Waals surface area contributed by atoms with Gasteiger partial charge in [0.25, 0.3) is 5.91 Å². The van der Waals surface area contributed by atoms with Gasteiger partial charge in [-0.2, -0.15) is 5.10 Å². The third-order valence-corrected chi connectivity index (χ3v) is 5.62. The molecule has 2 aromatic carbocycles. The minimum absolute atomic E-state index is 0.00669. The van der Waals surface area contributed by atoms with Crippen LogP contribution < -0.4 is 5.32 Å². The third kappa shape index (κ3) is 3.86. The summed E-state index contributed by atoms with van der Waals surface area (Å²) < 4.78 is 1.99. The van der Waals surface area contributed by atoms with Crippen molar-refractivity contribution in [1.29, 1.82) is 0 Å². The van der Waals surface area contributed by atoms with Gasteiger partial charge in [0.1, 0.15) is 0 Å². The first-order chi connectivity index (χ1) is 13.5. The van der Waals surface area contributed by atoms with Crippen LogP contribution in [0.2, 0.25) is 0 Å². The van der Waals surface area contributed by atoms with Crippen LogP contribution in [-0.2, 0) is 19.4 Å². The minimum atomic E-state index is -0.0364. The van der Waals surface area contributed by atoms with E-state index in [-0.39, 0.29) is 11.9 Å². The second-order valence-corrected chi connectivity index (χ2v) is 7.86. The molecule has 3 aromatic rings. The van der Waals surface area contributed by atoms with Crippen LogP contribution >= 0.6 is 0 Å². The van der Waals surface area contributed by atoms with E-state index in [9.17, 15) is 4.79 Å². The number of nitrogens with one attached hydrogen (secondary N) is 1. The van der Waals surface area contributed by atoms with E-state index in [0.29, 0.717) is 12.1 Å². The van der Waals surface area contributed by atoms with Crippen molar-refractivity contribution in [1.82, 2.24) is 15.1 Å². The summed E-state index contributed by atoms with van der Waals surface area (Å²) in [7, 11) is 0. The number of amides is 1. The van der Waals surface area contributed by atoms with E-state index in [2.05, 4.69) is 41.6 Å². The minimum Gasteiger partial charge on any atom is -0.346 e. The molecule has 4 heteroatoms. The average Bonchev–Trinajstić information content (AvgIpc) is 3.27. The van der Waals surface area contributed by atoms with Crippen molar-refractivity contribution in [2.45, 2.75) is 52.6 Å². The molecule has 0 saturated carbocycles. The Morgan fingerprint density at radius 2 is 1.82 bits per heavy atom. The van der Waals surface area contributed by atoms with Crippen LogP contribution in [-0.4, -0.2) is 15.7 Å². The predicted octanol–water partition coefficient (Wildman–Crippen LogP) is 4.53. The fourth-order valence-corrected chi connectivity index (χ4v) is 3.99. The lowest BCUT2D eigenvalue weighted by Gasteiger charge is -2.16. The van der Waals surface area contributed by atoms with Gasteiger partial charge in [0.2, 0.25) is 0 Å². The molecular weight excluding hydrogens is 346 g/mol. The summed E-state index contributed by atoms with van der Waals surface area (Å²) in [5.41, 5.74) is 8.05. The number of hydrogen-bond donors (Lipinski definition) is 1. The molecule has 1 N–H and O–H groups in total. The Labute approximate surface area is 166 Å². The molecule has 1 aliphatic rings. The smallest absolute Gasteiger partial charge is 0.251 e. The molecular formula is C24H27N3O. The standard InChI is InChI=1S/C24H27N3O/c1-16-13-17(2)27(26-16)15-19-7-9-21(10-8-19)24(28)25-18(3)22-12-11-20-5-4-6-23(20)14-22/h7-14,18H,4-6,15H2,1-3H3,(H,25,28)/t18-/m1/s1. The summed E-state index contributed by atoms with van der Waals surface area (Å²) in [6.45, 7) is 6.82. The zero-order valence-corrected chi connectivity index (χ0v) is 16.8. The van der Waals surface area contributed by atoms with E-state index in [4.69, 9.17) is 0 Å². The van der Waals surface area contributed by atoms with Crippen LogP contribution in [0.25, 0.3) is 0 Å². The normalized spacial score (nSPS) is 14.0. The molecule has 0 radical (unpaired) electrons. The second-order valence-electron chi connectivity index (χ2n) is 7.86. The van der Waals surface area contributed by atoms with Crippen LogP contribution in [0.3, 0.4) is 0 Å². The Morgan fingerprint density at radius 1 is 1.07 bits per heavy atom.